The Morgan fingerprint density at radius 3 is 2.44 bits per heavy atom. The fourth-order valence-electron chi connectivity index (χ4n) is 2.42. The molecule has 0 spiro atoms. The molecule has 98 valence electrons. The number of nitriles is 1. The van der Waals surface area contributed by atoms with Gasteiger partial charge in [-0.25, -0.2) is 4.98 Å². The molecule has 5 nitrogen and oxygen atoms in total. The van der Waals surface area contributed by atoms with Crippen molar-refractivity contribution in [1.82, 2.24) is 19.8 Å². The molecule has 0 amide bonds. The second-order valence-corrected chi connectivity index (χ2v) is 5.73. The molecule has 0 radical (unpaired) electrons. The molecule has 1 unspecified atom stereocenters. The molecule has 1 aromatic heterocycles. The van der Waals surface area contributed by atoms with Crippen molar-refractivity contribution in [3.05, 3.63) is 18.2 Å². The maximum absolute atomic E-state index is 9.32. The lowest BCUT2D eigenvalue weighted by Crippen LogP contribution is -2.53. The first-order valence-corrected chi connectivity index (χ1v) is 6.39. The van der Waals surface area contributed by atoms with E-state index in [0.717, 1.165) is 31.9 Å². The minimum atomic E-state index is -0.199. The third kappa shape index (κ3) is 2.71. The fourth-order valence-corrected chi connectivity index (χ4v) is 2.42. The number of H-pyrrole nitrogens is 1. The maximum Gasteiger partial charge on any atom is 0.140 e. The van der Waals surface area contributed by atoms with Crippen LogP contribution >= 0.6 is 0 Å². The zero-order chi connectivity index (χ0) is 13.2. The normalized spacial score (nSPS) is 20.6. The van der Waals surface area contributed by atoms with E-state index < -0.39 is 0 Å². The van der Waals surface area contributed by atoms with Gasteiger partial charge in [0.15, 0.2) is 0 Å². The molecule has 0 saturated carbocycles. The number of nitrogens with one attached hydrogen (secondary N) is 1. The van der Waals surface area contributed by atoms with Crippen LogP contribution in [0.5, 0.6) is 0 Å². The maximum atomic E-state index is 9.32. The van der Waals surface area contributed by atoms with Crippen LogP contribution < -0.4 is 0 Å². The Labute approximate surface area is 108 Å². The second-order valence-electron chi connectivity index (χ2n) is 5.73. The molecule has 1 atom stereocenters. The minimum absolute atomic E-state index is 0.199. The van der Waals surface area contributed by atoms with Crippen LogP contribution in [0.25, 0.3) is 0 Å². The van der Waals surface area contributed by atoms with Gasteiger partial charge in [-0.15, -0.1) is 0 Å². The van der Waals surface area contributed by atoms with Crippen molar-refractivity contribution in [3.8, 4) is 6.07 Å². The van der Waals surface area contributed by atoms with Gasteiger partial charge in [-0.1, -0.05) is 0 Å². The Morgan fingerprint density at radius 2 is 2.00 bits per heavy atom. The summed E-state index contributed by atoms with van der Waals surface area (Å²) in [7, 11) is 0. The quantitative estimate of drug-likeness (QED) is 0.858. The molecule has 2 heterocycles. The molecular formula is C13H21N5. The molecule has 0 bridgehead atoms. The lowest BCUT2D eigenvalue weighted by atomic mass is 10.0. The van der Waals surface area contributed by atoms with Gasteiger partial charge < -0.3 is 4.98 Å². The first kappa shape index (κ1) is 13.1. The molecule has 18 heavy (non-hydrogen) atoms. The van der Waals surface area contributed by atoms with Gasteiger partial charge in [0, 0.05) is 31.7 Å². The first-order chi connectivity index (χ1) is 8.52. The molecule has 1 fully saturated rings. The van der Waals surface area contributed by atoms with Gasteiger partial charge in [0.25, 0.3) is 0 Å². The third-order valence-electron chi connectivity index (χ3n) is 3.56. The predicted octanol–water partition coefficient (Wildman–Crippen LogP) is 1.39. The van der Waals surface area contributed by atoms with Crippen LogP contribution in [-0.4, -0.2) is 51.5 Å². The smallest absolute Gasteiger partial charge is 0.140 e. The lowest BCUT2D eigenvalue weighted by molar-refractivity contribution is 0.0514. The van der Waals surface area contributed by atoms with Crippen molar-refractivity contribution in [2.45, 2.75) is 32.4 Å². The molecule has 2 rings (SSSR count). The van der Waals surface area contributed by atoms with Crippen LogP contribution in [0.3, 0.4) is 0 Å². The summed E-state index contributed by atoms with van der Waals surface area (Å²) in [5.74, 6) is 0. The van der Waals surface area contributed by atoms with Crippen molar-refractivity contribution in [1.29, 1.82) is 5.26 Å². The Morgan fingerprint density at radius 1 is 1.33 bits per heavy atom. The van der Waals surface area contributed by atoms with Crippen LogP contribution in [-0.2, 0) is 0 Å². The number of aromatic nitrogens is 2. The summed E-state index contributed by atoms with van der Waals surface area (Å²) in [5, 5.41) is 9.32. The summed E-state index contributed by atoms with van der Waals surface area (Å²) in [4.78, 5) is 11.7. The van der Waals surface area contributed by atoms with Crippen molar-refractivity contribution >= 4 is 0 Å². The van der Waals surface area contributed by atoms with Gasteiger partial charge >= 0.3 is 0 Å². The lowest BCUT2D eigenvalue weighted by Gasteiger charge is -2.43. The molecule has 0 aliphatic carbocycles. The van der Waals surface area contributed by atoms with Gasteiger partial charge in [0.1, 0.15) is 6.04 Å². The monoisotopic (exact) mass is 247 g/mol. The number of aromatic amines is 1. The van der Waals surface area contributed by atoms with Gasteiger partial charge in [0.05, 0.1) is 24.3 Å². The highest BCUT2D eigenvalue weighted by Gasteiger charge is 2.30. The Bertz CT molecular complexity index is 404. The summed E-state index contributed by atoms with van der Waals surface area (Å²) in [5.41, 5.74) is 1.10. The third-order valence-corrected chi connectivity index (χ3v) is 3.56. The highest BCUT2D eigenvalue weighted by atomic mass is 15.3. The summed E-state index contributed by atoms with van der Waals surface area (Å²) in [6.45, 7) is 10.6. The van der Waals surface area contributed by atoms with Crippen LogP contribution in [0.2, 0.25) is 0 Å². The topological polar surface area (TPSA) is 58.9 Å². The number of rotatable bonds is 2. The molecule has 1 aromatic rings. The number of piperazine rings is 1. The summed E-state index contributed by atoms with van der Waals surface area (Å²) in [6, 6.07) is 2.16. The largest absolute Gasteiger partial charge is 0.346 e. The zero-order valence-electron chi connectivity index (χ0n) is 11.3. The average Bonchev–Trinajstić information content (AvgIpc) is 2.83. The van der Waals surface area contributed by atoms with E-state index in [4.69, 9.17) is 0 Å². The van der Waals surface area contributed by atoms with E-state index in [9.17, 15) is 5.26 Å². The SMILES string of the molecule is CC(C)(C)N1CCN(C(C#N)c2cnc[nH]2)CC1. The molecule has 0 aromatic carbocycles. The van der Waals surface area contributed by atoms with E-state index in [1.165, 1.54) is 0 Å². The second kappa shape index (κ2) is 5.09. The Balaban J connectivity index is 1.99. The summed E-state index contributed by atoms with van der Waals surface area (Å²) >= 11 is 0. The van der Waals surface area contributed by atoms with Crippen LogP contribution in [0.4, 0.5) is 0 Å². The number of hydrogen-bond acceptors (Lipinski definition) is 4. The summed E-state index contributed by atoms with van der Waals surface area (Å²) < 4.78 is 0. The van der Waals surface area contributed by atoms with E-state index in [0.29, 0.717) is 0 Å². The van der Waals surface area contributed by atoms with Crippen LogP contribution in [0.1, 0.15) is 32.5 Å². The molecular weight excluding hydrogens is 226 g/mol. The standard InChI is InChI=1S/C13H21N5/c1-13(2,3)18-6-4-17(5-7-18)12(8-14)11-9-15-10-16-11/h9-10,12H,4-7H2,1-3H3,(H,15,16). The van der Waals surface area contributed by atoms with Crippen molar-refractivity contribution in [2.24, 2.45) is 0 Å². The van der Waals surface area contributed by atoms with E-state index in [2.05, 4.69) is 46.6 Å². The van der Waals surface area contributed by atoms with E-state index >= 15 is 0 Å². The Hall–Kier alpha value is -1.38. The fraction of sp³-hybridized carbons (Fsp3) is 0.692. The zero-order valence-corrected chi connectivity index (χ0v) is 11.3. The number of hydrogen-bond donors (Lipinski definition) is 1. The van der Waals surface area contributed by atoms with E-state index in [1.807, 2.05) is 0 Å². The highest BCUT2D eigenvalue weighted by Crippen LogP contribution is 2.22. The van der Waals surface area contributed by atoms with Crippen LogP contribution in [0.15, 0.2) is 12.5 Å². The molecule has 1 saturated heterocycles. The van der Waals surface area contributed by atoms with Crippen molar-refractivity contribution in [3.63, 3.8) is 0 Å². The average molecular weight is 247 g/mol. The molecule has 5 heteroatoms. The van der Waals surface area contributed by atoms with Crippen LogP contribution in [0, 0.1) is 11.3 Å². The summed E-state index contributed by atoms with van der Waals surface area (Å²) in [6.07, 6.45) is 3.37. The molecule has 1 N–H and O–H groups in total. The minimum Gasteiger partial charge on any atom is -0.346 e. The van der Waals surface area contributed by atoms with E-state index in [1.54, 1.807) is 12.5 Å². The number of imidazole rings is 1. The molecule has 1 aliphatic heterocycles. The highest BCUT2D eigenvalue weighted by molar-refractivity contribution is 5.12. The Kier molecular flexibility index (Phi) is 3.69. The van der Waals surface area contributed by atoms with Gasteiger partial charge in [-0.2, -0.15) is 5.26 Å². The first-order valence-electron chi connectivity index (χ1n) is 6.39. The van der Waals surface area contributed by atoms with Gasteiger partial charge in [0.2, 0.25) is 0 Å². The number of nitrogens with zero attached hydrogens (tertiary/aromatic N) is 4. The molecule has 1 aliphatic rings. The van der Waals surface area contributed by atoms with Gasteiger partial charge in [-0.05, 0) is 20.8 Å². The van der Waals surface area contributed by atoms with Crippen molar-refractivity contribution < 1.29 is 0 Å². The predicted molar refractivity (Wildman–Crippen MR) is 69.8 cm³/mol. The van der Waals surface area contributed by atoms with Crippen molar-refractivity contribution in [2.75, 3.05) is 26.2 Å². The van der Waals surface area contributed by atoms with Gasteiger partial charge in [-0.3, -0.25) is 9.80 Å². The van der Waals surface area contributed by atoms with E-state index in [-0.39, 0.29) is 11.6 Å².